The molecule has 2 aromatic carbocycles. The van der Waals surface area contributed by atoms with E-state index in [2.05, 4.69) is 24.3 Å². The topological polar surface area (TPSA) is 43.1 Å². The van der Waals surface area contributed by atoms with Gasteiger partial charge in [0, 0.05) is 0 Å². The van der Waals surface area contributed by atoms with E-state index in [9.17, 15) is 4.79 Å². The highest BCUT2D eigenvalue weighted by Crippen LogP contribution is 2.36. The zero-order valence-corrected chi connectivity index (χ0v) is 11.3. The molecule has 0 saturated heterocycles. The Morgan fingerprint density at radius 3 is 2.45 bits per heavy atom. The summed E-state index contributed by atoms with van der Waals surface area (Å²) in [6, 6.07) is 18.6. The van der Waals surface area contributed by atoms with Crippen LogP contribution < -0.4 is 5.73 Å². The van der Waals surface area contributed by atoms with Gasteiger partial charge in [-0.05, 0) is 35.1 Å². The minimum atomic E-state index is -0.262. The summed E-state index contributed by atoms with van der Waals surface area (Å²) in [5.41, 5.74) is 11.6. The van der Waals surface area contributed by atoms with E-state index >= 15 is 0 Å². The molecule has 20 heavy (non-hydrogen) atoms. The molecular weight excluding hydrogens is 246 g/mol. The summed E-state index contributed by atoms with van der Waals surface area (Å²) in [7, 11) is 0. The van der Waals surface area contributed by atoms with Crippen LogP contribution in [0, 0.1) is 0 Å². The number of allylic oxidation sites excluding steroid dienone is 1. The van der Waals surface area contributed by atoms with E-state index in [1.807, 2.05) is 30.3 Å². The van der Waals surface area contributed by atoms with E-state index in [0.717, 1.165) is 18.4 Å². The number of benzene rings is 2. The molecule has 0 fully saturated rings. The minimum absolute atomic E-state index is 0.262. The Kier molecular flexibility index (Phi) is 3.38. The molecular formula is C18H17NO. The maximum Gasteiger partial charge on any atom is 0.221 e. The Labute approximate surface area is 118 Å². The van der Waals surface area contributed by atoms with Crippen LogP contribution in [0.1, 0.15) is 23.1 Å². The smallest absolute Gasteiger partial charge is 0.221 e. The Morgan fingerprint density at radius 1 is 1.00 bits per heavy atom. The Hall–Kier alpha value is -2.35. The van der Waals surface area contributed by atoms with E-state index in [0.29, 0.717) is 6.42 Å². The summed E-state index contributed by atoms with van der Waals surface area (Å²) in [5, 5.41) is 0. The third-order valence-electron chi connectivity index (χ3n) is 3.78. The van der Waals surface area contributed by atoms with Gasteiger partial charge in [0.25, 0.3) is 0 Å². The van der Waals surface area contributed by atoms with Crippen molar-refractivity contribution < 1.29 is 4.79 Å². The zero-order chi connectivity index (χ0) is 13.9. The van der Waals surface area contributed by atoms with Gasteiger partial charge >= 0.3 is 0 Å². The van der Waals surface area contributed by atoms with Crippen LogP contribution in [0.25, 0.3) is 5.57 Å². The number of primary amides is 1. The average Bonchev–Trinajstić information content (AvgIpc) is 2.78. The molecule has 1 aliphatic carbocycles. The van der Waals surface area contributed by atoms with Gasteiger partial charge in [-0.1, -0.05) is 60.2 Å². The fourth-order valence-corrected chi connectivity index (χ4v) is 2.90. The third-order valence-corrected chi connectivity index (χ3v) is 3.78. The Bertz CT molecular complexity index is 671. The van der Waals surface area contributed by atoms with Crippen molar-refractivity contribution in [3.8, 4) is 0 Å². The van der Waals surface area contributed by atoms with Crippen molar-refractivity contribution in [2.45, 2.75) is 19.3 Å². The van der Waals surface area contributed by atoms with E-state index in [1.165, 1.54) is 22.3 Å². The van der Waals surface area contributed by atoms with Gasteiger partial charge in [0.05, 0.1) is 6.42 Å². The molecule has 3 rings (SSSR count). The van der Waals surface area contributed by atoms with Crippen LogP contribution >= 0.6 is 0 Å². The van der Waals surface area contributed by atoms with Crippen LogP contribution in [0.4, 0.5) is 0 Å². The Morgan fingerprint density at radius 2 is 1.70 bits per heavy atom. The molecule has 0 radical (unpaired) electrons. The maximum absolute atomic E-state index is 11.4. The Balaban J connectivity index is 1.96. The van der Waals surface area contributed by atoms with Gasteiger partial charge in [0.2, 0.25) is 5.91 Å². The first-order chi connectivity index (χ1) is 9.74. The molecule has 2 nitrogen and oxygen atoms in total. The van der Waals surface area contributed by atoms with Gasteiger partial charge in [-0.15, -0.1) is 0 Å². The third kappa shape index (κ3) is 2.50. The van der Waals surface area contributed by atoms with Gasteiger partial charge in [0.15, 0.2) is 0 Å². The molecule has 0 heterocycles. The summed E-state index contributed by atoms with van der Waals surface area (Å²) in [4.78, 5) is 11.4. The first-order valence-corrected chi connectivity index (χ1v) is 6.85. The second-order valence-corrected chi connectivity index (χ2v) is 5.22. The molecule has 2 N–H and O–H groups in total. The van der Waals surface area contributed by atoms with Crippen LogP contribution in [-0.4, -0.2) is 5.91 Å². The van der Waals surface area contributed by atoms with Crippen LogP contribution in [0.2, 0.25) is 0 Å². The molecule has 2 aromatic rings. The number of hydrogen-bond acceptors (Lipinski definition) is 1. The summed E-state index contributed by atoms with van der Waals surface area (Å²) >= 11 is 0. The molecule has 0 unspecified atom stereocenters. The molecule has 0 spiro atoms. The highest BCUT2D eigenvalue weighted by Gasteiger charge is 2.22. The van der Waals surface area contributed by atoms with Gasteiger partial charge in [-0.25, -0.2) is 0 Å². The number of rotatable bonds is 4. The van der Waals surface area contributed by atoms with Crippen LogP contribution in [0.3, 0.4) is 0 Å². The average molecular weight is 263 g/mol. The van der Waals surface area contributed by atoms with Crippen LogP contribution in [0.15, 0.2) is 60.2 Å². The molecule has 2 heteroatoms. The van der Waals surface area contributed by atoms with Crippen molar-refractivity contribution in [1.29, 1.82) is 0 Å². The summed E-state index contributed by atoms with van der Waals surface area (Å²) in [6.07, 6.45) is 2.14. The number of hydrogen-bond donors (Lipinski definition) is 1. The molecule has 100 valence electrons. The molecule has 0 bridgehead atoms. The predicted molar refractivity (Wildman–Crippen MR) is 81.0 cm³/mol. The molecule has 0 atom stereocenters. The largest absolute Gasteiger partial charge is 0.369 e. The lowest BCUT2D eigenvalue weighted by Gasteiger charge is -2.07. The fourth-order valence-electron chi connectivity index (χ4n) is 2.90. The number of nitrogens with two attached hydrogens (primary N) is 1. The summed E-state index contributed by atoms with van der Waals surface area (Å²) in [6.45, 7) is 0. The van der Waals surface area contributed by atoms with Gasteiger partial charge < -0.3 is 5.73 Å². The number of amides is 1. The van der Waals surface area contributed by atoms with Gasteiger partial charge in [-0.2, -0.15) is 0 Å². The number of carbonyl (C=O) groups excluding carboxylic acids is 1. The van der Waals surface area contributed by atoms with Gasteiger partial charge in [0.1, 0.15) is 0 Å². The monoisotopic (exact) mass is 263 g/mol. The minimum Gasteiger partial charge on any atom is -0.369 e. The lowest BCUT2D eigenvalue weighted by Crippen LogP contribution is -2.11. The summed E-state index contributed by atoms with van der Waals surface area (Å²) in [5.74, 6) is -0.262. The van der Waals surface area contributed by atoms with E-state index < -0.39 is 0 Å². The first-order valence-electron chi connectivity index (χ1n) is 6.85. The number of carbonyl (C=O) groups is 1. The lowest BCUT2D eigenvalue weighted by molar-refractivity contribution is -0.117. The van der Waals surface area contributed by atoms with E-state index in [-0.39, 0.29) is 5.91 Å². The zero-order valence-electron chi connectivity index (χ0n) is 11.3. The van der Waals surface area contributed by atoms with Crippen LogP contribution in [-0.2, 0) is 17.6 Å². The van der Waals surface area contributed by atoms with Crippen molar-refractivity contribution >= 4 is 11.5 Å². The maximum atomic E-state index is 11.4. The normalized spacial score (nSPS) is 13.4. The van der Waals surface area contributed by atoms with Crippen molar-refractivity contribution in [2.75, 3.05) is 0 Å². The molecule has 1 amide bonds. The predicted octanol–water partition coefficient (Wildman–Crippen LogP) is 3.11. The molecule has 0 aromatic heterocycles. The second kappa shape index (κ2) is 5.33. The van der Waals surface area contributed by atoms with Crippen LogP contribution in [0.5, 0.6) is 0 Å². The summed E-state index contributed by atoms with van der Waals surface area (Å²) < 4.78 is 0. The molecule has 0 aliphatic heterocycles. The van der Waals surface area contributed by atoms with E-state index in [4.69, 9.17) is 5.73 Å². The van der Waals surface area contributed by atoms with Crippen molar-refractivity contribution in [3.05, 3.63) is 76.9 Å². The first kappa shape index (κ1) is 12.7. The second-order valence-electron chi connectivity index (χ2n) is 5.22. The lowest BCUT2D eigenvalue weighted by atomic mass is 9.98. The fraction of sp³-hybridized carbons (Fsp3) is 0.167. The SMILES string of the molecule is NC(=O)CC1=C(Cc2ccccc2)Cc2ccccc21. The van der Waals surface area contributed by atoms with Crippen molar-refractivity contribution in [3.63, 3.8) is 0 Å². The van der Waals surface area contributed by atoms with Gasteiger partial charge in [-0.3, -0.25) is 4.79 Å². The standard InChI is InChI=1S/C18H17NO/c19-18(20)12-17-15(10-13-6-2-1-3-7-13)11-14-8-4-5-9-16(14)17/h1-9H,10-12H2,(H2,19,20). The molecule has 1 aliphatic rings. The highest BCUT2D eigenvalue weighted by molar-refractivity contribution is 5.91. The van der Waals surface area contributed by atoms with Crippen molar-refractivity contribution in [2.24, 2.45) is 5.73 Å². The highest BCUT2D eigenvalue weighted by atomic mass is 16.1. The molecule has 0 saturated carbocycles. The van der Waals surface area contributed by atoms with Crippen molar-refractivity contribution in [1.82, 2.24) is 0 Å². The van der Waals surface area contributed by atoms with E-state index in [1.54, 1.807) is 0 Å². The quantitative estimate of drug-likeness (QED) is 0.905. The number of fused-ring (bicyclic) bond motifs is 1.